The highest BCUT2D eigenvalue weighted by Gasteiger charge is 2.06. The first-order valence-electron chi connectivity index (χ1n) is 4.67. The Bertz CT molecular complexity index is 161. The van der Waals surface area contributed by atoms with E-state index in [1.165, 1.54) is 0 Å². The number of nitrogens with zero attached hydrogens (tertiary/aromatic N) is 1. The van der Waals surface area contributed by atoms with E-state index in [-0.39, 0.29) is 5.54 Å². The Balaban J connectivity index is 3.28. The molecule has 4 nitrogen and oxygen atoms in total. The number of nitrogens with two attached hydrogens (primary N) is 1. The van der Waals surface area contributed by atoms with Crippen LogP contribution in [-0.2, 0) is 0 Å². The third kappa shape index (κ3) is 9.14. The molecule has 0 amide bonds. The molecule has 0 spiro atoms. The smallest absolute Gasteiger partial charge is 0.139 e. The van der Waals surface area contributed by atoms with Crippen LogP contribution >= 0.6 is 0 Å². The van der Waals surface area contributed by atoms with Gasteiger partial charge in [0.1, 0.15) is 5.84 Å². The van der Waals surface area contributed by atoms with Gasteiger partial charge in [0.25, 0.3) is 0 Å². The lowest BCUT2D eigenvalue weighted by molar-refractivity contribution is 0.316. The molecule has 0 aliphatic heterocycles. The molecule has 0 aromatic heterocycles. The molecule has 0 saturated heterocycles. The van der Waals surface area contributed by atoms with Crippen LogP contribution in [0.15, 0.2) is 5.16 Å². The Kier molecular flexibility index (Phi) is 5.46. The monoisotopic (exact) mass is 187 g/mol. The predicted octanol–water partition coefficient (Wildman–Crippen LogP) is 1.29. The van der Waals surface area contributed by atoms with Crippen molar-refractivity contribution >= 4 is 5.84 Å². The van der Waals surface area contributed by atoms with Crippen molar-refractivity contribution < 1.29 is 5.21 Å². The summed E-state index contributed by atoms with van der Waals surface area (Å²) in [5.74, 6) is 0.316. The molecule has 0 aliphatic rings. The molecular formula is C9H21N3O. The van der Waals surface area contributed by atoms with Crippen LogP contribution in [0.4, 0.5) is 0 Å². The molecule has 0 fully saturated rings. The molecular weight excluding hydrogens is 166 g/mol. The third-order valence-corrected chi connectivity index (χ3v) is 1.64. The van der Waals surface area contributed by atoms with Crippen LogP contribution in [0.25, 0.3) is 0 Å². The van der Waals surface area contributed by atoms with E-state index in [0.29, 0.717) is 12.3 Å². The summed E-state index contributed by atoms with van der Waals surface area (Å²) >= 11 is 0. The van der Waals surface area contributed by atoms with Gasteiger partial charge in [-0.1, -0.05) is 5.16 Å². The van der Waals surface area contributed by atoms with Gasteiger partial charge in [-0.3, -0.25) is 0 Å². The first kappa shape index (κ1) is 12.2. The van der Waals surface area contributed by atoms with E-state index in [9.17, 15) is 0 Å². The molecule has 0 bridgehead atoms. The van der Waals surface area contributed by atoms with Crippen molar-refractivity contribution in [3.8, 4) is 0 Å². The second kappa shape index (κ2) is 5.80. The Hall–Kier alpha value is -0.770. The van der Waals surface area contributed by atoms with Crippen LogP contribution in [0, 0.1) is 0 Å². The summed E-state index contributed by atoms with van der Waals surface area (Å²) in [7, 11) is 0. The molecule has 78 valence electrons. The Morgan fingerprint density at radius 3 is 2.46 bits per heavy atom. The van der Waals surface area contributed by atoms with E-state index in [2.05, 4.69) is 31.2 Å². The highest BCUT2D eigenvalue weighted by molar-refractivity contribution is 5.79. The second-order valence-corrected chi connectivity index (χ2v) is 4.23. The van der Waals surface area contributed by atoms with Crippen molar-refractivity contribution in [3.05, 3.63) is 0 Å². The maximum atomic E-state index is 8.27. The fourth-order valence-electron chi connectivity index (χ4n) is 0.945. The molecule has 0 radical (unpaired) electrons. The summed E-state index contributed by atoms with van der Waals surface area (Å²) in [6, 6.07) is 0. The van der Waals surface area contributed by atoms with E-state index < -0.39 is 0 Å². The second-order valence-electron chi connectivity index (χ2n) is 4.23. The number of amidine groups is 1. The topological polar surface area (TPSA) is 70.6 Å². The Labute approximate surface area is 80.2 Å². The van der Waals surface area contributed by atoms with E-state index in [0.717, 1.165) is 19.4 Å². The lowest BCUT2D eigenvalue weighted by Crippen LogP contribution is -2.36. The lowest BCUT2D eigenvalue weighted by Gasteiger charge is -2.20. The standard InChI is InChI=1S/C9H21N3O/c1-9(2,3)11-7-5-4-6-8(10)12-13/h11,13H,4-7H2,1-3H3,(H2,10,12). The zero-order valence-electron chi connectivity index (χ0n) is 8.80. The number of hydrogen-bond acceptors (Lipinski definition) is 3. The predicted molar refractivity (Wildman–Crippen MR) is 55.0 cm³/mol. The van der Waals surface area contributed by atoms with Gasteiger partial charge >= 0.3 is 0 Å². The van der Waals surface area contributed by atoms with Crippen molar-refractivity contribution in [2.45, 2.75) is 45.6 Å². The summed E-state index contributed by atoms with van der Waals surface area (Å²) in [4.78, 5) is 0. The summed E-state index contributed by atoms with van der Waals surface area (Å²) in [6.07, 6.45) is 2.68. The Morgan fingerprint density at radius 1 is 1.38 bits per heavy atom. The molecule has 0 aliphatic carbocycles. The molecule has 0 aromatic carbocycles. The molecule has 0 rings (SSSR count). The van der Waals surface area contributed by atoms with Gasteiger partial charge in [0.05, 0.1) is 0 Å². The summed E-state index contributed by atoms with van der Waals surface area (Å²) in [6.45, 7) is 7.38. The van der Waals surface area contributed by atoms with E-state index in [1.54, 1.807) is 0 Å². The first-order chi connectivity index (χ1) is 5.95. The van der Waals surface area contributed by atoms with Crippen LogP contribution in [0.3, 0.4) is 0 Å². The van der Waals surface area contributed by atoms with Gasteiger partial charge in [-0.15, -0.1) is 0 Å². The molecule has 0 atom stereocenters. The molecule has 0 unspecified atom stereocenters. The van der Waals surface area contributed by atoms with Gasteiger partial charge in [-0.05, 0) is 40.2 Å². The van der Waals surface area contributed by atoms with E-state index >= 15 is 0 Å². The van der Waals surface area contributed by atoms with Crippen LogP contribution < -0.4 is 11.1 Å². The number of hydrogen-bond donors (Lipinski definition) is 3. The van der Waals surface area contributed by atoms with Gasteiger partial charge < -0.3 is 16.3 Å². The normalized spacial score (nSPS) is 13.3. The summed E-state index contributed by atoms with van der Waals surface area (Å²) < 4.78 is 0. The average molecular weight is 187 g/mol. The number of rotatable bonds is 5. The van der Waals surface area contributed by atoms with Crippen LogP contribution in [0.5, 0.6) is 0 Å². The highest BCUT2D eigenvalue weighted by atomic mass is 16.4. The quantitative estimate of drug-likeness (QED) is 0.200. The zero-order valence-corrected chi connectivity index (χ0v) is 8.80. The fraction of sp³-hybridized carbons (Fsp3) is 0.889. The zero-order chi connectivity index (χ0) is 10.3. The average Bonchev–Trinajstić information content (AvgIpc) is 2.01. The molecule has 0 aromatic rings. The highest BCUT2D eigenvalue weighted by Crippen LogP contribution is 2.00. The molecule has 4 N–H and O–H groups in total. The van der Waals surface area contributed by atoms with Crippen molar-refractivity contribution in [1.82, 2.24) is 5.32 Å². The van der Waals surface area contributed by atoms with Gasteiger partial charge in [0.2, 0.25) is 0 Å². The van der Waals surface area contributed by atoms with Crippen molar-refractivity contribution in [1.29, 1.82) is 0 Å². The van der Waals surface area contributed by atoms with Gasteiger partial charge in [0.15, 0.2) is 0 Å². The minimum Gasteiger partial charge on any atom is -0.409 e. The van der Waals surface area contributed by atoms with Crippen molar-refractivity contribution in [2.24, 2.45) is 10.9 Å². The number of unbranched alkanes of at least 4 members (excludes halogenated alkanes) is 1. The van der Waals surface area contributed by atoms with Crippen LogP contribution in [0.1, 0.15) is 40.0 Å². The SMILES string of the molecule is CC(C)(C)NCCCCC(N)=NO. The minimum absolute atomic E-state index is 0.177. The Morgan fingerprint density at radius 2 is 2.00 bits per heavy atom. The van der Waals surface area contributed by atoms with Gasteiger partial charge in [0, 0.05) is 12.0 Å². The molecule has 4 heteroatoms. The number of nitrogens with one attached hydrogen (secondary N) is 1. The fourth-order valence-corrected chi connectivity index (χ4v) is 0.945. The third-order valence-electron chi connectivity index (χ3n) is 1.64. The van der Waals surface area contributed by atoms with E-state index in [4.69, 9.17) is 10.9 Å². The maximum Gasteiger partial charge on any atom is 0.139 e. The van der Waals surface area contributed by atoms with Crippen LogP contribution in [-0.4, -0.2) is 23.1 Å². The van der Waals surface area contributed by atoms with Crippen LogP contribution in [0.2, 0.25) is 0 Å². The van der Waals surface area contributed by atoms with Gasteiger partial charge in [-0.25, -0.2) is 0 Å². The van der Waals surface area contributed by atoms with Gasteiger partial charge in [-0.2, -0.15) is 0 Å². The summed E-state index contributed by atoms with van der Waals surface area (Å²) in [5, 5.41) is 14.5. The largest absolute Gasteiger partial charge is 0.409 e. The minimum atomic E-state index is 0.177. The van der Waals surface area contributed by atoms with Crippen molar-refractivity contribution in [3.63, 3.8) is 0 Å². The lowest BCUT2D eigenvalue weighted by atomic mass is 10.1. The molecule has 0 heterocycles. The molecule has 0 saturated carbocycles. The van der Waals surface area contributed by atoms with E-state index in [1.807, 2.05) is 0 Å². The first-order valence-corrected chi connectivity index (χ1v) is 4.67. The summed E-state index contributed by atoms with van der Waals surface area (Å²) in [5.41, 5.74) is 5.50. The van der Waals surface area contributed by atoms with Crippen molar-refractivity contribution in [2.75, 3.05) is 6.54 Å². The number of oxime groups is 1. The maximum absolute atomic E-state index is 8.27. The molecule has 13 heavy (non-hydrogen) atoms.